The fraction of sp³-hybridized carbons (Fsp3) is 0.318. The highest BCUT2D eigenvalue weighted by atomic mass is 16.6. The number of carbonyl (C=O) groups is 2. The number of hydrogen-bond acceptors (Lipinski definition) is 7. The fourth-order valence-corrected chi connectivity index (χ4v) is 2.42. The Hall–Kier alpha value is -3.75. The molecule has 2 aromatic rings. The second kappa shape index (κ2) is 10.9. The normalized spacial score (nSPS) is 11.0. The molecule has 0 bridgehead atoms. The molecule has 0 saturated carbocycles. The second-order valence-electron chi connectivity index (χ2n) is 7.32. The number of para-hydroxylation sites is 2. The van der Waals surface area contributed by atoms with E-state index in [1.54, 1.807) is 57.2 Å². The lowest BCUT2D eigenvalue weighted by atomic mass is 10.2. The highest BCUT2D eigenvalue weighted by Gasteiger charge is 2.15. The standard InChI is InChI=1S/C22H27N3O6/c1-22(2,3)31-21(27)25-23-13-15-10-11-18(19(12-15)29-5)30-14-20(26)24-16-8-6-7-9-17(16)28-4/h6-13H,14H2,1-5H3,(H,24,26)(H,25,27)/b23-13-. The molecule has 0 aliphatic carbocycles. The van der Waals surface area contributed by atoms with Crippen LogP contribution in [0.1, 0.15) is 26.3 Å². The summed E-state index contributed by atoms with van der Waals surface area (Å²) < 4.78 is 21.2. The molecule has 0 saturated heterocycles. The summed E-state index contributed by atoms with van der Waals surface area (Å²) in [4.78, 5) is 23.8. The van der Waals surface area contributed by atoms with Crippen LogP contribution in [-0.2, 0) is 9.53 Å². The van der Waals surface area contributed by atoms with E-state index in [1.165, 1.54) is 20.4 Å². The first-order valence-corrected chi connectivity index (χ1v) is 9.47. The van der Waals surface area contributed by atoms with Gasteiger partial charge in [0, 0.05) is 0 Å². The van der Waals surface area contributed by atoms with E-state index in [4.69, 9.17) is 18.9 Å². The van der Waals surface area contributed by atoms with Crippen molar-refractivity contribution in [2.75, 3.05) is 26.1 Å². The van der Waals surface area contributed by atoms with Crippen LogP contribution in [0.2, 0.25) is 0 Å². The molecule has 2 aromatic carbocycles. The number of nitrogens with zero attached hydrogens (tertiary/aromatic N) is 1. The number of rotatable bonds is 8. The number of hydrazone groups is 1. The number of amides is 2. The lowest BCUT2D eigenvalue weighted by Gasteiger charge is -2.18. The summed E-state index contributed by atoms with van der Waals surface area (Å²) >= 11 is 0. The lowest BCUT2D eigenvalue weighted by molar-refractivity contribution is -0.118. The molecule has 0 aliphatic rings. The van der Waals surface area contributed by atoms with Gasteiger partial charge in [-0.3, -0.25) is 4.79 Å². The van der Waals surface area contributed by atoms with Gasteiger partial charge in [0.05, 0.1) is 26.1 Å². The molecule has 0 fully saturated rings. The van der Waals surface area contributed by atoms with E-state index in [2.05, 4.69) is 15.8 Å². The predicted molar refractivity (Wildman–Crippen MR) is 117 cm³/mol. The number of nitrogens with one attached hydrogen (secondary N) is 2. The third-order valence-corrected chi connectivity index (χ3v) is 3.70. The van der Waals surface area contributed by atoms with Crippen LogP contribution in [0.15, 0.2) is 47.6 Å². The second-order valence-corrected chi connectivity index (χ2v) is 7.32. The minimum atomic E-state index is -0.656. The average Bonchev–Trinajstić information content (AvgIpc) is 2.71. The zero-order chi connectivity index (χ0) is 22.9. The number of hydrogen-bond donors (Lipinski definition) is 2. The molecule has 0 radical (unpaired) electrons. The van der Waals surface area contributed by atoms with E-state index in [0.29, 0.717) is 28.5 Å². The zero-order valence-electron chi connectivity index (χ0n) is 18.2. The van der Waals surface area contributed by atoms with Crippen molar-refractivity contribution >= 4 is 23.9 Å². The smallest absolute Gasteiger partial charge is 0.428 e. The van der Waals surface area contributed by atoms with Crippen molar-refractivity contribution < 1.29 is 28.5 Å². The average molecular weight is 429 g/mol. The Labute approximate surface area is 181 Å². The van der Waals surface area contributed by atoms with Crippen LogP contribution < -0.4 is 25.0 Å². The molecule has 9 heteroatoms. The Kier molecular flexibility index (Phi) is 8.25. The summed E-state index contributed by atoms with van der Waals surface area (Å²) in [6, 6.07) is 12.1. The Bertz CT molecular complexity index is 937. The van der Waals surface area contributed by atoms with E-state index in [0.717, 1.165) is 0 Å². The molecule has 0 heterocycles. The monoisotopic (exact) mass is 429 g/mol. The van der Waals surface area contributed by atoms with E-state index in [-0.39, 0.29) is 12.5 Å². The molecular weight excluding hydrogens is 402 g/mol. The van der Waals surface area contributed by atoms with Crippen LogP contribution >= 0.6 is 0 Å². The Morgan fingerprint density at radius 2 is 1.71 bits per heavy atom. The van der Waals surface area contributed by atoms with Crippen molar-refractivity contribution in [1.29, 1.82) is 0 Å². The molecular formula is C22H27N3O6. The van der Waals surface area contributed by atoms with Gasteiger partial charge < -0.3 is 24.3 Å². The number of ether oxygens (including phenoxy) is 4. The Balaban J connectivity index is 1.94. The van der Waals surface area contributed by atoms with Gasteiger partial charge in [-0.2, -0.15) is 5.10 Å². The van der Waals surface area contributed by atoms with Gasteiger partial charge >= 0.3 is 6.09 Å². The summed E-state index contributed by atoms with van der Waals surface area (Å²) in [5.74, 6) is 0.997. The van der Waals surface area contributed by atoms with Gasteiger partial charge in [-0.05, 0) is 56.7 Å². The van der Waals surface area contributed by atoms with Crippen LogP contribution in [0.5, 0.6) is 17.2 Å². The maximum Gasteiger partial charge on any atom is 0.428 e. The van der Waals surface area contributed by atoms with Crippen LogP contribution in [0, 0.1) is 0 Å². The van der Waals surface area contributed by atoms with Gasteiger partial charge in [0.2, 0.25) is 0 Å². The number of methoxy groups -OCH3 is 2. The number of benzene rings is 2. The molecule has 0 aromatic heterocycles. The van der Waals surface area contributed by atoms with Gasteiger partial charge in [0.15, 0.2) is 18.1 Å². The van der Waals surface area contributed by atoms with Crippen molar-refractivity contribution in [2.45, 2.75) is 26.4 Å². The third kappa shape index (κ3) is 7.88. The van der Waals surface area contributed by atoms with Gasteiger partial charge in [0.1, 0.15) is 11.4 Å². The van der Waals surface area contributed by atoms with Gasteiger partial charge in [-0.25, -0.2) is 10.2 Å². The van der Waals surface area contributed by atoms with Crippen LogP contribution in [0.4, 0.5) is 10.5 Å². The van der Waals surface area contributed by atoms with Crippen LogP contribution in [0.25, 0.3) is 0 Å². The number of carbonyl (C=O) groups excluding carboxylic acids is 2. The van der Waals surface area contributed by atoms with Crippen molar-refractivity contribution in [3.63, 3.8) is 0 Å². The Morgan fingerprint density at radius 3 is 2.39 bits per heavy atom. The molecule has 2 rings (SSSR count). The molecule has 31 heavy (non-hydrogen) atoms. The van der Waals surface area contributed by atoms with Crippen molar-refractivity contribution in [2.24, 2.45) is 5.10 Å². The summed E-state index contributed by atoms with van der Waals surface area (Å²) in [6.45, 7) is 5.06. The van der Waals surface area contributed by atoms with E-state index >= 15 is 0 Å². The fourth-order valence-electron chi connectivity index (χ4n) is 2.42. The molecule has 0 unspecified atom stereocenters. The van der Waals surface area contributed by atoms with Crippen LogP contribution in [-0.4, -0.2) is 44.6 Å². The summed E-state index contributed by atoms with van der Waals surface area (Å²) in [5.41, 5.74) is 2.88. The molecule has 2 amide bonds. The van der Waals surface area contributed by atoms with E-state index < -0.39 is 11.7 Å². The summed E-state index contributed by atoms with van der Waals surface area (Å²) in [5, 5.41) is 6.58. The van der Waals surface area contributed by atoms with Crippen LogP contribution in [0.3, 0.4) is 0 Å². The van der Waals surface area contributed by atoms with Gasteiger partial charge in [0.25, 0.3) is 5.91 Å². The van der Waals surface area contributed by atoms with Gasteiger partial charge in [-0.15, -0.1) is 0 Å². The minimum Gasteiger partial charge on any atom is -0.495 e. The first-order chi connectivity index (χ1) is 14.7. The summed E-state index contributed by atoms with van der Waals surface area (Å²) in [7, 11) is 3.01. The zero-order valence-corrected chi connectivity index (χ0v) is 18.2. The summed E-state index contributed by atoms with van der Waals surface area (Å²) in [6.07, 6.45) is 0.779. The maximum atomic E-state index is 12.2. The first-order valence-electron chi connectivity index (χ1n) is 9.47. The molecule has 0 aliphatic heterocycles. The van der Waals surface area contributed by atoms with E-state index in [9.17, 15) is 9.59 Å². The molecule has 0 spiro atoms. The minimum absolute atomic E-state index is 0.220. The first kappa shape index (κ1) is 23.5. The van der Waals surface area contributed by atoms with Gasteiger partial charge in [-0.1, -0.05) is 12.1 Å². The lowest BCUT2D eigenvalue weighted by Crippen LogP contribution is -2.29. The molecule has 9 nitrogen and oxygen atoms in total. The quantitative estimate of drug-likeness (QED) is 0.491. The molecule has 0 atom stereocenters. The Morgan fingerprint density at radius 1 is 1.00 bits per heavy atom. The highest BCUT2D eigenvalue weighted by molar-refractivity contribution is 5.93. The maximum absolute atomic E-state index is 12.2. The van der Waals surface area contributed by atoms with Crippen molar-refractivity contribution in [3.05, 3.63) is 48.0 Å². The largest absolute Gasteiger partial charge is 0.495 e. The van der Waals surface area contributed by atoms with E-state index in [1.807, 2.05) is 6.07 Å². The molecule has 166 valence electrons. The molecule has 2 N–H and O–H groups in total. The third-order valence-electron chi connectivity index (χ3n) is 3.70. The SMILES string of the molecule is COc1ccccc1NC(=O)COc1ccc(/C=N\NC(=O)OC(C)(C)C)cc1OC. The highest BCUT2D eigenvalue weighted by Crippen LogP contribution is 2.28. The number of anilines is 1. The topological polar surface area (TPSA) is 107 Å². The van der Waals surface area contributed by atoms with Crippen molar-refractivity contribution in [1.82, 2.24) is 5.43 Å². The predicted octanol–water partition coefficient (Wildman–Crippen LogP) is 3.58. The van der Waals surface area contributed by atoms with Crippen molar-refractivity contribution in [3.8, 4) is 17.2 Å².